The van der Waals surface area contributed by atoms with Gasteiger partial charge in [0.15, 0.2) is 5.78 Å². The summed E-state index contributed by atoms with van der Waals surface area (Å²) >= 11 is 0. The average molecular weight is 471 g/mol. The van der Waals surface area contributed by atoms with Crippen LogP contribution in [0.1, 0.15) is 18.9 Å². The molecule has 8 heteroatoms. The van der Waals surface area contributed by atoms with Crippen molar-refractivity contribution in [3.63, 3.8) is 0 Å². The van der Waals surface area contributed by atoms with E-state index in [9.17, 15) is 9.59 Å². The highest BCUT2D eigenvalue weighted by Crippen LogP contribution is 2.31. The molecule has 0 atom stereocenters. The van der Waals surface area contributed by atoms with Crippen LogP contribution in [0.2, 0.25) is 0 Å². The van der Waals surface area contributed by atoms with E-state index >= 15 is 0 Å². The maximum atomic E-state index is 12.4. The van der Waals surface area contributed by atoms with Crippen LogP contribution >= 0.6 is 0 Å². The Morgan fingerprint density at radius 1 is 1.20 bits per heavy atom. The molecule has 0 spiro atoms. The standard InChI is InChI=1S/C27H26N4O4/c1-4-25(33)30-22-15-20(9-11-24(22)35-13-12-34-3)29-27-28-16-19-14-18(8-10-21(19)31-27)26-17(2)6-5-7-23(26)32/h4-6,8-11,14-16H,1,7,12-13H2,2-3H3,(H,30,33)(H,28,29,31). The number of Topliss-reactive ketones (excluding diaryl/α,β-unsaturated/α-hetero) is 1. The second-order valence-electron chi connectivity index (χ2n) is 7.93. The van der Waals surface area contributed by atoms with Crippen LogP contribution in [0.15, 0.2) is 73.0 Å². The maximum Gasteiger partial charge on any atom is 0.247 e. The van der Waals surface area contributed by atoms with Gasteiger partial charge in [-0.2, -0.15) is 0 Å². The van der Waals surface area contributed by atoms with Crippen molar-refractivity contribution in [2.75, 3.05) is 31.0 Å². The molecule has 0 saturated heterocycles. The zero-order valence-electron chi connectivity index (χ0n) is 19.6. The Bertz CT molecular complexity index is 1360. The van der Waals surface area contributed by atoms with Gasteiger partial charge in [0.05, 0.1) is 17.8 Å². The molecule has 1 aliphatic rings. The molecule has 0 radical (unpaired) electrons. The Hall–Kier alpha value is -4.30. The smallest absolute Gasteiger partial charge is 0.247 e. The van der Waals surface area contributed by atoms with Crippen molar-refractivity contribution >= 4 is 45.5 Å². The highest BCUT2D eigenvalue weighted by Gasteiger charge is 2.17. The number of ketones is 1. The number of rotatable bonds is 9. The van der Waals surface area contributed by atoms with E-state index in [1.165, 1.54) is 6.08 Å². The number of benzene rings is 2. The first-order valence-electron chi connectivity index (χ1n) is 11.1. The second kappa shape index (κ2) is 10.8. The van der Waals surface area contributed by atoms with E-state index in [0.29, 0.717) is 42.7 Å². The molecule has 1 heterocycles. The van der Waals surface area contributed by atoms with Gasteiger partial charge in [0, 0.05) is 36.4 Å². The van der Waals surface area contributed by atoms with Crippen molar-refractivity contribution in [3.8, 4) is 5.75 Å². The summed E-state index contributed by atoms with van der Waals surface area (Å²) < 4.78 is 10.7. The van der Waals surface area contributed by atoms with Crippen molar-refractivity contribution in [2.24, 2.45) is 0 Å². The number of allylic oxidation sites excluding steroid dienone is 4. The molecular formula is C27H26N4O4. The van der Waals surface area contributed by atoms with E-state index in [4.69, 9.17) is 9.47 Å². The molecule has 1 amide bonds. The Morgan fingerprint density at radius 2 is 2.06 bits per heavy atom. The van der Waals surface area contributed by atoms with E-state index < -0.39 is 0 Å². The molecule has 2 aromatic carbocycles. The third kappa shape index (κ3) is 5.62. The first-order valence-corrected chi connectivity index (χ1v) is 11.1. The third-order valence-corrected chi connectivity index (χ3v) is 5.44. The predicted molar refractivity (Wildman–Crippen MR) is 137 cm³/mol. The van der Waals surface area contributed by atoms with E-state index in [1.54, 1.807) is 31.5 Å². The third-order valence-electron chi connectivity index (χ3n) is 5.44. The van der Waals surface area contributed by atoms with Crippen LogP contribution in [0.5, 0.6) is 5.75 Å². The fourth-order valence-corrected chi connectivity index (χ4v) is 3.76. The molecule has 8 nitrogen and oxygen atoms in total. The topological polar surface area (TPSA) is 102 Å². The van der Waals surface area contributed by atoms with Gasteiger partial charge in [-0.25, -0.2) is 9.97 Å². The molecular weight excluding hydrogens is 444 g/mol. The Kier molecular flexibility index (Phi) is 7.32. The van der Waals surface area contributed by atoms with Gasteiger partial charge in [-0.1, -0.05) is 24.8 Å². The summed E-state index contributed by atoms with van der Waals surface area (Å²) in [7, 11) is 1.59. The lowest BCUT2D eigenvalue weighted by Crippen LogP contribution is -2.11. The van der Waals surface area contributed by atoms with Gasteiger partial charge in [0.1, 0.15) is 12.4 Å². The van der Waals surface area contributed by atoms with Gasteiger partial charge in [-0.3, -0.25) is 9.59 Å². The summed E-state index contributed by atoms with van der Waals surface area (Å²) in [5.41, 5.74) is 4.44. The van der Waals surface area contributed by atoms with Crippen molar-refractivity contribution in [1.82, 2.24) is 9.97 Å². The zero-order chi connectivity index (χ0) is 24.8. The number of hydrogen-bond donors (Lipinski definition) is 2. The highest BCUT2D eigenvalue weighted by molar-refractivity contribution is 6.23. The van der Waals surface area contributed by atoms with Crippen LogP contribution in [0.3, 0.4) is 0 Å². The number of nitrogens with zero attached hydrogens (tertiary/aromatic N) is 2. The largest absolute Gasteiger partial charge is 0.489 e. The SMILES string of the molecule is C=CC(=O)Nc1cc(Nc2ncc3cc(C4=C(C)C=CCC4=O)ccc3n2)ccc1OCCOC. The lowest BCUT2D eigenvalue weighted by molar-refractivity contribution is -0.113. The minimum absolute atomic E-state index is 0.109. The molecule has 2 N–H and O–H groups in total. The number of aromatic nitrogens is 2. The number of carbonyl (C=O) groups excluding carboxylic acids is 2. The monoisotopic (exact) mass is 470 g/mol. The zero-order valence-corrected chi connectivity index (χ0v) is 19.6. The highest BCUT2D eigenvalue weighted by atomic mass is 16.5. The summed E-state index contributed by atoms with van der Waals surface area (Å²) in [4.78, 5) is 33.3. The van der Waals surface area contributed by atoms with Gasteiger partial charge in [0.2, 0.25) is 11.9 Å². The number of anilines is 3. The molecule has 0 aliphatic heterocycles. The second-order valence-corrected chi connectivity index (χ2v) is 7.93. The van der Waals surface area contributed by atoms with Crippen LogP contribution < -0.4 is 15.4 Å². The van der Waals surface area contributed by atoms with Crippen molar-refractivity contribution in [3.05, 3.63) is 78.5 Å². The van der Waals surface area contributed by atoms with Crippen LogP contribution in [0.4, 0.5) is 17.3 Å². The summed E-state index contributed by atoms with van der Waals surface area (Å²) in [6.07, 6.45) is 7.18. The molecule has 0 unspecified atom stereocenters. The van der Waals surface area contributed by atoms with E-state index in [2.05, 4.69) is 27.2 Å². The Morgan fingerprint density at radius 3 is 2.83 bits per heavy atom. The van der Waals surface area contributed by atoms with Crippen molar-refractivity contribution in [1.29, 1.82) is 0 Å². The lowest BCUT2D eigenvalue weighted by atomic mass is 9.91. The van der Waals surface area contributed by atoms with Crippen LogP contribution in [-0.4, -0.2) is 42.0 Å². The fraction of sp³-hybridized carbons (Fsp3) is 0.185. The quantitative estimate of drug-likeness (QED) is 0.341. The first-order chi connectivity index (χ1) is 17.0. The van der Waals surface area contributed by atoms with Crippen molar-refractivity contribution < 1.29 is 19.1 Å². The van der Waals surface area contributed by atoms with Gasteiger partial charge in [0.25, 0.3) is 0 Å². The summed E-state index contributed by atoms with van der Waals surface area (Å²) in [5, 5.41) is 6.74. The summed E-state index contributed by atoms with van der Waals surface area (Å²) in [6.45, 7) is 6.19. The average Bonchev–Trinajstić information content (AvgIpc) is 2.85. The van der Waals surface area contributed by atoms with E-state index in [1.807, 2.05) is 37.3 Å². The molecule has 3 aromatic rings. The van der Waals surface area contributed by atoms with Gasteiger partial charge in [-0.05, 0) is 54.5 Å². The number of nitrogens with one attached hydrogen (secondary N) is 2. The number of ether oxygens (including phenoxy) is 2. The Labute approximate surface area is 203 Å². The predicted octanol–water partition coefficient (Wildman–Crippen LogP) is 4.83. The molecule has 178 valence electrons. The van der Waals surface area contributed by atoms with Crippen molar-refractivity contribution in [2.45, 2.75) is 13.3 Å². The molecule has 0 saturated carbocycles. The van der Waals surface area contributed by atoms with Gasteiger partial charge in [-0.15, -0.1) is 0 Å². The molecule has 0 fully saturated rings. The van der Waals surface area contributed by atoms with Gasteiger partial charge >= 0.3 is 0 Å². The number of methoxy groups -OCH3 is 1. The summed E-state index contributed by atoms with van der Waals surface area (Å²) in [6, 6.07) is 11.0. The lowest BCUT2D eigenvalue weighted by Gasteiger charge is -2.14. The fourth-order valence-electron chi connectivity index (χ4n) is 3.76. The number of amides is 1. The number of hydrogen-bond acceptors (Lipinski definition) is 7. The van der Waals surface area contributed by atoms with Gasteiger partial charge < -0.3 is 20.1 Å². The minimum atomic E-state index is -0.353. The summed E-state index contributed by atoms with van der Waals surface area (Å²) in [5.74, 6) is 0.657. The molecule has 4 rings (SSSR count). The number of carbonyl (C=O) groups is 2. The normalized spacial score (nSPS) is 13.1. The Balaban J connectivity index is 1.58. The van der Waals surface area contributed by atoms with Crippen LogP contribution in [-0.2, 0) is 14.3 Å². The minimum Gasteiger partial charge on any atom is -0.489 e. The molecule has 35 heavy (non-hydrogen) atoms. The molecule has 0 bridgehead atoms. The number of fused-ring (bicyclic) bond motifs is 1. The molecule has 1 aliphatic carbocycles. The maximum absolute atomic E-state index is 12.4. The molecule has 1 aromatic heterocycles. The van der Waals surface area contributed by atoms with E-state index in [-0.39, 0.29) is 11.7 Å². The van der Waals surface area contributed by atoms with Crippen LogP contribution in [0, 0.1) is 0 Å². The van der Waals surface area contributed by atoms with Crippen LogP contribution in [0.25, 0.3) is 16.5 Å². The van der Waals surface area contributed by atoms with E-state index in [0.717, 1.165) is 27.6 Å². The first kappa shape index (κ1) is 23.8.